The predicted molar refractivity (Wildman–Crippen MR) is 112 cm³/mol. The first-order chi connectivity index (χ1) is 14.5. The van der Waals surface area contributed by atoms with Gasteiger partial charge in [-0.15, -0.1) is 0 Å². The van der Waals surface area contributed by atoms with Crippen LogP contribution in [0.5, 0.6) is 0 Å². The van der Waals surface area contributed by atoms with Crippen molar-refractivity contribution in [3.05, 3.63) is 59.7 Å². The number of carbonyl (C=O) groups is 2. The molecule has 1 saturated carbocycles. The second-order valence-electron chi connectivity index (χ2n) is 7.89. The van der Waals surface area contributed by atoms with E-state index in [2.05, 4.69) is 10.6 Å². The Balaban J connectivity index is 1.58. The van der Waals surface area contributed by atoms with E-state index in [0.717, 1.165) is 43.4 Å². The van der Waals surface area contributed by atoms with Crippen molar-refractivity contribution < 1.29 is 18.7 Å². The van der Waals surface area contributed by atoms with Crippen molar-refractivity contribution in [1.82, 2.24) is 15.2 Å². The normalized spacial score (nSPS) is 15.4. The first-order valence-electron chi connectivity index (χ1n) is 10.6. The molecular formula is C23H30FN3O3. The number of rotatable bonds is 8. The molecule has 2 N–H and O–H groups in total. The van der Waals surface area contributed by atoms with Gasteiger partial charge in [0.25, 0.3) is 0 Å². The predicted octanol–water partition coefficient (Wildman–Crippen LogP) is 4.13. The van der Waals surface area contributed by atoms with Gasteiger partial charge in [0.05, 0.1) is 25.1 Å². The third-order valence-corrected chi connectivity index (χ3v) is 5.57. The average Bonchev–Trinajstić information content (AvgIpc) is 3.14. The molecule has 0 saturated heterocycles. The Hall–Kier alpha value is -2.83. The molecule has 1 aromatic carbocycles. The third-order valence-electron chi connectivity index (χ3n) is 5.57. The van der Waals surface area contributed by atoms with Gasteiger partial charge in [-0.1, -0.05) is 31.4 Å². The highest BCUT2D eigenvalue weighted by Gasteiger charge is 2.36. The largest absolute Gasteiger partial charge is 0.466 e. The summed E-state index contributed by atoms with van der Waals surface area (Å²) in [5, 5.41) is 5.95. The Kier molecular flexibility index (Phi) is 7.49. The number of hydrogen-bond acceptors (Lipinski definition) is 3. The first kappa shape index (κ1) is 21.9. The lowest BCUT2D eigenvalue weighted by Crippen LogP contribution is -2.54. The summed E-state index contributed by atoms with van der Waals surface area (Å²) in [4.78, 5) is 24.7. The van der Waals surface area contributed by atoms with Crippen molar-refractivity contribution in [2.24, 2.45) is 0 Å². The van der Waals surface area contributed by atoms with Crippen LogP contribution in [0.15, 0.2) is 42.6 Å². The molecule has 3 rings (SSSR count). The van der Waals surface area contributed by atoms with Crippen LogP contribution in [0, 0.1) is 5.82 Å². The molecule has 0 bridgehead atoms. The Morgan fingerprint density at radius 1 is 1.17 bits per heavy atom. The maximum Gasteiger partial charge on any atom is 0.315 e. The van der Waals surface area contributed by atoms with E-state index in [0.29, 0.717) is 19.7 Å². The van der Waals surface area contributed by atoms with Crippen LogP contribution < -0.4 is 10.6 Å². The minimum atomic E-state index is -0.544. The second kappa shape index (κ2) is 10.3. The number of aromatic nitrogens is 1. The lowest BCUT2D eigenvalue weighted by Gasteiger charge is -2.37. The molecule has 6 nitrogen and oxygen atoms in total. The number of urea groups is 1. The van der Waals surface area contributed by atoms with Gasteiger partial charge in [0.2, 0.25) is 0 Å². The standard InChI is InChI=1S/C23H30FN3O3/c1-2-30-21(28)15-23(11-4-3-5-12-23)26-22(29)25-16-20-10-7-13-27(20)17-18-8-6-9-19(24)14-18/h6-10,13-14H,2-5,11-12,15-17H2,1H3,(H2,25,26,29). The van der Waals surface area contributed by atoms with Crippen molar-refractivity contribution in [1.29, 1.82) is 0 Å². The van der Waals surface area contributed by atoms with Crippen LogP contribution in [0.4, 0.5) is 9.18 Å². The monoisotopic (exact) mass is 415 g/mol. The fourth-order valence-corrected chi connectivity index (χ4v) is 4.11. The van der Waals surface area contributed by atoms with Gasteiger partial charge in [-0.2, -0.15) is 0 Å². The molecule has 1 aromatic heterocycles. The summed E-state index contributed by atoms with van der Waals surface area (Å²) in [5.74, 6) is -0.540. The highest BCUT2D eigenvalue weighted by molar-refractivity contribution is 5.77. The molecule has 30 heavy (non-hydrogen) atoms. The molecule has 2 aromatic rings. The van der Waals surface area contributed by atoms with Crippen molar-refractivity contribution in [2.45, 2.75) is 64.1 Å². The fraction of sp³-hybridized carbons (Fsp3) is 0.478. The Bertz CT molecular complexity index is 859. The number of benzene rings is 1. The van der Waals surface area contributed by atoms with Crippen LogP contribution in [0.2, 0.25) is 0 Å². The lowest BCUT2D eigenvalue weighted by atomic mass is 9.79. The van der Waals surface area contributed by atoms with E-state index < -0.39 is 5.54 Å². The molecular weight excluding hydrogens is 385 g/mol. The highest BCUT2D eigenvalue weighted by atomic mass is 19.1. The van der Waals surface area contributed by atoms with E-state index in [1.165, 1.54) is 12.1 Å². The zero-order valence-corrected chi connectivity index (χ0v) is 17.5. The van der Waals surface area contributed by atoms with Crippen molar-refractivity contribution in [2.75, 3.05) is 6.61 Å². The Labute approximate surface area is 176 Å². The molecule has 1 heterocycles. The molecule has 0 atom stereocenters. The number of esters is 1. The second-order valence-corrected chi connectivity index (χ2v) is 7.89. The van der Waals surface area contributed by atoms with Crippen LogP contribution in [-0.4, -0.2) is 28.7 Å². The van der Waals surface area contributed by atoms with E-state index in [4.69, 9.17) is 4.74 Å². The molecule has 0 radical (unpaired) electrons. The summed E-state index contributed by atoms with van der Waals surface area (Å²) in [5.41, 5.74) is 1.23. The molecule has 162 valence electrons. The summed E-state index contributed by atoms with van der Waals surface area (Å²) in [7, 11) is 0. The number of halogens is 1. The molecule has 0 aliphatic heterocycles. The van der Waals surface area contributed by atoms with Gasteiger partial charge < -0.3 is 19.9 Å². The Morgan fingerprint density at radius 2 is 1.97 bits per heavy atom. The van der Waals surface area contributed by atoms with Gasteiger partial charge >= 0.3 is 12.0 Å². The summed E-state index contributed by atoms with van der Waals surface area (Å²) in [6.45, 7) is 2.98. The average molecular weight is 416 g/mol. The summed E-state index contributed by atoms with van der Waals surface area (Å²) in [6.07, 6.45) is 6.73. The summed E-state index contributed by atoms with van der Waals surface area (Å²) in [6, 6.07) is 10.0. The zero-order chi connectivity index (χ0) is 21.4. The van der Waals surface area contributed by atoms with Gasteiger partial charge in [-0.3, -0.25) is 4.79 Å². The maximum atomic E-state index is 13.4. The van der Waals surface area contributed by atoms with E-state index in [1.807, 2.05) is 29.0 Å². The van der Waals surface area contributed by atoms with E-state index in [1.54, 1.807) is 13.0 Å². The van der Waals surface area contributed by atoms with Gasteiger partial charge in [0.15, 0.2) is 0 Å². The van der Waals surface area contributed by atoms with Crippen LogP contribution >= 0.6 is 0 Å². The fourth-order valence-electron chi connectivity index (χ4n) is 4.11. The highest BCUT2D eigenvalue weighted by Crippen LogP contribution is 2.31. The van der Waals surface area contributed by atoms with E-state index in [-0.39, 0.29) is 24.2 Å². The van der Waals surface area contributed by atoms with Crippen molar-refractivity contribution in [3.8, 4) is 0 Å². The van der Waals surface area contributed by atoms with Crippen LogP contribution in [0.1, 0.15) is 56.7 Å². The van der Waals surface area contributed by atoms with E-state index >= 15 is 0 Å². The topological polar surface area (TPSA) is 72.4 Å². The number of ether oxygens (including phenoxy) is 1. The number of hydrogen-bond donors (Lipinski definition) is 2. The van der Waals surface area contributed by atoms with Crippen molar-refractivity contribution in [3.63, 3.8) is 0 Å². The van der Waals surface area contributed by atoms with Gasteiger partial charge in [-0.25, -0.2) is 9.18 Å². The first-order valence-corrected chi connectivity index (χ1v) is 10.6. The van der Waals surface area contributed by atoms with Gasteiger partial charge in [-0.05, 0) is 49.6 Å². The molecule has 0 spiro atoms. The zero-order valence-electron chi connectivity index (χ0n) is 17.5. The number of nitrogens with zero attached hydrogens (tertiary/aromatic N) is 1. The van der Waals surface area contributed by atoms with E-state index in [9.17, 15) is 14.0 Å². The van der Waals surface area contributed by atoms with Gasteiger partial charge in [0, 0.05) is 18.4 Å². The summed E-state index contributed by atoms with van der Waals surface area (Å²) >= 11 is 0. The number of nitrogens with one attached hydrogen (secondary N) is 2. The molecule has 7 heteroatoms. The minimum absolute atomic E-state index is 0.199. The molecule has 1 aliphatic rings. The molecule has 1 fully saturated rings. The SMILES string of the molecule is CCOC(=O)CC1(NC(=O)NCc2cccn2Cc2cccc(F)c2)CCCCC1. The Morgan fingerprint density at radius 3 is 2.70 bits per heavy atom. The summed E-state index contributed by atoms with van der Waals surface area (Å²) < 4.78 is 20.5. The quantitative estimate of drug-likeness (QED) is 0.637. The van der Waals surface area contributed by atoms with Crippen LogP contribution in [-0.2, 0) is 22.6 Å². The molecule has 0 unspecified atom stereocenters. The third kappa shape index (κ3) is 6.08. The van der Waals surface area contributed by atoms with Gasteiger partial charge in [0.1, 0.15) is 5.82 Å². The molecule has 2 amide bonds. The lowest BCUT2D eigenvalue weighted by molar-refractivity contribution is -0.145. The van der Waals surface area contributed by atoms with Crippen LogP contribution in [0.25, 0.3) is 0 Å². The smallest absolute Gasteiger partial charge is 0.315 e. The van der Waals surface area contributed by atoms with Crippen LogP contribution in [0.3, 0.4) is 0 Å². The van der Waals surface area contributed by atoms with Crippen molar-refractivity contribution >= 4 is 12.0 Å². The molecule has 1 aliphatic carbocycles. The minimum Gasteiger partial charge on any atom is -0.466 e. The number of amides is 2. The number of carbonyl (C=O) groups excluding carboxylic acids is 2. The maximum absolute atomic E-state index is 13.4.